The number of sulfonamides is 1. The first-order valence-electron chi connectivity index (χ1n) is 6.67. The Bertz CT molecular complexity index is 647. The van der Waals surface area contributed by atoms with Crippen LogP contribution in [-0.2, 0) is 10.0 Å². The van der Waals surface area contributed by atoms with Crippen molar-refractivity contribution in [3.63, 3.8) is 0 Å². The maximum atomic E-state index is 12.1. The van der Waals surface area contributed by atoms with Crippen LogP contribution >= 0.6 is 0 Å². The lowest BCUT2D eigenvalue weighted by Gasteiger charge is -2.13. The van der Waals surface area contributed by atoms with Gasteiger partial charge in [-0.05, 0) is 32.2 Å². The van der Waals surface area contributed by atoms with E-state index in [9.17, 15) is 26.4 Å². The van der Waals surface area contributed by atoms with Crippen LogP contribution in [0.25, 0.3) is 0 Å². The Labute approximate surface area is 132 Å². The molecule has 0 bridgehead atoms. The van der Waals surface area contributed by atoms with Crippen LogP contribution in [0.3, 0.4) is 0 Å². The van der Waals surface area contributed by atoms with E-state index in [-0.39, 0.29) is 23.0 Å². The van der Waals surface area contributed by atoms with E-state index in [4.69, 9.17) is 0 Å². The second-order valence-electron chi connectivity index (χ2n) is 4.87. The van der Waals surface area contributed by atoms with Gasteiger partial charge in [0.25, 0.3) is 5.91 Å². The Morgan fingerprint density at radius 1 is 1.30 bits per heavy atom. The summed E-state index contributed by atoms with van der Waals surface area (Å²) in [6.45, 7) is 0.410. The Morgan fingerprint density at radius 2 is 1.96 bits per heavy atom. The number of likely N-dealkylation sites (N-methyl/N-ethyl adjacent to an activating group) is 1. The van der Waals surface area contributed by atoms with Crippen molar-refractivity contribution in [2.24, 2.45) is 0 Å². The molecule has 1 unspecified atom stereocenters. The van der Waals surface area contributed by atoms with Crippen molar-refractivity contribution in [1.29, 1.82) is 0 Å². The molecular weight excluding hydrogens is 335 g/mol. The lowest BCUT2D eigenvalue weighted by atomic mass is 10.2. The molecule has 1 aromatic rings. The van der Waals surface area contributed by atoms with Gasteiger partial charge in [0, 0.05) is 18.2 Å². The van der Waals surface area contributed by atoms with Gasteiger partial charge in [-0.25, -0.2) is 13.1 Å². The van der Waals surface area contributed by atoms with Gasteiger partial charge < -0.3 is 10.6 Å². The minimum absolute atomic E-state index is 0.108. The van der Waals surface area contributed by atoms with E-state index >= 15 is 0 Å². The smallest absolute Gasteiger partial charge is 0.343 e. The van der Waals surface area contributed by atoms with Crippen LogP contribution in [0.4, 0.5) is 13.2 Å². The molecule has 1 aromatic carbocycles. The van der Waals surface area contributed by atoms with E-state index in [0.717, 1.165) is 6.07 Å². The van der Waals surface area contributed by atoms with Gasteiger partial charge in [-0.1, -0.05) is 6.07 Å². The van der Waals surface area contributed by atoms with Crippen LogP contribution in [0.15, 0.2) is 29.2 Å². The summed E-state index contributed by atoms with van der Waals surface area (Å²) in [4.78, 5) is 11.5. The van der Waals surface area contributed by atoms with E-state index in [0.29, 0.717) is 0 Å². The zero-order valence-corrected chi connectivity index (χ0v) is 13.4. The molecule has 0 heterocycles. The molecule has 10 heteroatoms. The fourth-order valence-electron chi connectivity index (χ4n) is 1.51. The first-order valence-corrected chi connectivity index (χ1v) is 8.15. The summed E-state index contributed by atoms with van der Waals surface area (Å²) < 4.78 is 62.8. The van der Waals surface area contributed by atoms with Crippen molar-refractivity contribution in [3.05, 3.63) is 29.8 Å². The third-order valence-corrected chi connectivity index (χ3v) is 4.35. The van der Waals surface area contributed by atoms with E-state index in [1.165, 1.54) is 18.2 Å². The number of nitrogens with one attached hydrogen (secondary N) is 3. The molecule has 0 aliphatic heterocycles. The molecule has 0 saturated heterocycles. The van der Waals surface area contributed by atoms with Crippen LogP contribution in [0.2, 0.25) is 0 Å². The molecule has 0 fully saturated rings. The van der Waals surface area contributed by atoms with Crippen molar-refractivity contribution in [2.45, 2.75) is 24.0 Å². The van der Waals surface area contributed by atoms with Gasteiger partial charge >= 0.3 is 6.18 Å². The number of carbonyl (C=O) groups is 1. The highest BCUT2D eigenvalue weighted by atomic mass is 32.2. The van der Waals surface area contributed by atoms with E-state index < -0.39 is 28.7 Å². The molecule has 0 radical (unpaired) electrons. The van der Waals surface area contributed by atoms with Crippen molar-refractivity contribution in [3.8, 4) is 0 Å². The molecule has 0 aliphatic carbocycles. The van der Waals surface area contributed by atoms with E-state index in [1.807, 2.05) is 0 Å². The molecule has 0 aromatic heterocycles. The highest BCUT2D eigenvalue weighted by molar-refractivity contribution is 7.89. The largest absolute Gasteiger partial charge is 0.405 e. The number of hydrogen-bond acceptors (Lipinski definition) is 4. The van der Waals surface area contributed by atoms with Gasteiger partial charge in [-0.2, -0.15) is 13.2 Å². The second kappa shape index (κ2) is 7.75. The van der Waals surface area contributed by atoms with Gasteiger partial charge in [0.05, 0.1) is 4.90 Å². The zero-order valence-electron chi connectivity index (χ0n) is 12.6. The normalized spacial score (nSPS) is 13.6. The summed E-state index contributed by atoms with van der Waals surface area (Å²) in [5, 5.41) is 4.54. The molecular formula is C13H18F3N3O3S. The Morgan fingerprint density at radius 3 is 2.52 bits per heavy atom. The monoisotopic (exact) mass is 353 g/mol. The van der Waals surface area contributed by atoms with Crippen LogP contribution in [0.1, 0.15) is 17.3 Å². The first-order chi connectivity index (χ1) is 10.5. The van der Waals surface area contributed by atoms with Gasteiger partial charge in [0.15, 0.2) is 0 Å². The number of hydrogen-bond donors (Lipinski definition) is 3. The Balaban J connectivity index is 2.85. The van der Waals surface area contributed by atoms with Crippen LogP contribution in [0, 0.1) is 0 Å². The van der Waals surface area contributed by atoms with E-state index in [1.54, 1.807) is 19.3 Å². The molecule has 130 valence electrons. The maximum absolute atomic E-state index is 12.1. The van der Waals surface area contributed by atoms with Crippen molar-refractivity contribution >= 4 is 15.9 Å². The molecule has 0 spiro atoms. The molecule has 0 saturated carbocycles. The third kappa shape index (κ3) is 6.55. The summed E-state index contributed by atoms with van der Waals surface area (Å²) >= 11 is 0. The molecule has 23 heavy (non-hydrogen) atoms. The van der Waals surface area contributed by atoms with Crippen LogP contribution in [-0.4, -0.2) is 46.7 Å². The number of rotatable bonds is 7. The minimum Gasteiger partial charge on any atom is -0.343 e. The second-order valence-corrected chi connectivity index (χ2v) is 6.63. The predicted molar refractivity (Wildman–Crippen MR) is 78.5 cm³/mol. The molecule has 1 rings (SSSR count). The SMILES string of the molecule is CNC(C)CNS(=O)(=O)c1cccc(C(=O)NCC(F)(F)F)c1. The summed E-state index contributed by atoms with van der Waals surface area (Å²) in [6.07, 6.45) is -4.54. The van der Waals surface area contributed by atoms with Crippen molar-refractivity contribution < 1.29 is 26.4 Å². The number of carbonyl (C=O) groups excluding carboxylic acids is 1. The molecule has 6 nitrogen and oxygen atoms in total. The van der Waals surface area contributed by atoms with Crippen LogP contribution in [0.5, 0.6) is 0 Å². The number of amides is 1. The van der Waals surface area contributed by atoms with Gasteiger partial charge in [0.1, 0.15) is 6.54 Å². The Hall–Kier alpha value is -1.65. The summed E-state index contributed by atoms with van der Waals surface area (Å²) in [6, 6.07) is 4.70. The molecule has 1 atom stereocenters. The number of halogens is 3. The predicted octanol–water partition coefficient (Wildman–Crippen LogP) is 0.865. The summed E-state index contributed by atoms with van der Waals surface area (Å²) in [5.41, 5.74) is -0.168. The standard InChI is InChI=1S/C13H18F3N3O3S/c1-9(17-2)7-19-23(21,22)11-5-3-4-10(6-11)12(20)18-8-13(14,15)16/h3-6,9,17,19H,7-8H2,1-2H3,(H,18,20). The summed E-state index contributed by atoms with van der Waals surface area (Å²) in [7, 11) is -2.19. The zero-order chi connectivity index (χ0) is 17.7. The van der Waals surface area contributed by atoms with Gasteiger partial charge in [-0.3, -0.25) is 4.79 Å². The van der Waals surface area contributed by atoms with Gasteiger partial charge in [0.2, 0.25) is 10.0 Å². The highest BCUT2D eigenvalue weighted by Crippen LogP contribution is 2.14. The quantitative estimate of drug-likeness (QED) is 0.679. The van der Waals surface area contributed by atoms with Crippen molar-refractivity contribution in [2.75, 3.05) is 20.1 Å². The molecule has 0 aliphatic rings. The highest BCUT2D eigenvalue weighted by Gasteiger charge is 2.28. The first kappa shape index (κ1) is 19.4. The van der Waals surface area contributed by atoms with Crippen molar-refractivity contribution in [1.82, 2.24) is 15.4 Å². The van der Waals surface area contributed by atoms with E-state index in [2.05, 4.69) is 10.0 Å². The fourth-order valence-corrected chi connectivity index (χ4v) is 2.68. The minimum atomic E-state index is -4.54. The molecule has 1 amide bonds. The number of alkyl halides is 3. The lowest BCUT2D eigenvalue weighted by Crippen LogP contribution is -2.37. The average Bonchev–Trinajstić information content (AvgIpc) is 2.49. The average molecular weight is 353 g/mol. The molecule has 3 N–H and O–H groups in total. The maximum Gasteiger partial charge on any atom is 0.405 e. The number of benzene rings is 1. The van der Waals surface area contributed by atoms with Crippen LogP contribution < -0.4 is 15.4 Å². The lowest BCUT2D eigenvalue weighted by molar-refractivity contribution is -0.123. The summed E-state index contributed by atoms with van der Waals surface area (Å²) in [5.74, 6) is -0.997. The third-order valence-electron chi connectivity index (χ3n) is 2.93. The Kier molecular flexibility index (Phi) is 6.54. The topological polar surface area (TPSA) is 87.3 Å². The van der Waals surface area contributed by atoms with Gasteiger partial charge in [-0.15, -0.1) is 0 Å². The fraction of sp³-hybridized carbons (Fsp3) is 0.462.